The van der Waals surface area contributed by atoms with Gasteiger partial charge in [0.25, 0.3) is 5.91 Å². The Kier molecular flexibility index (Phi) is 5.67. The number of nitrogens with zero attached hydrogens (tertiary/aromatic N) is 1. The summed E-state index contributed by atoms with van der Waals surface area (Å²) < 4.78 is 32.2. The first-order valence-electron chi connectivity index (χ1n) is 8.64. The first-order valence-corrected chi connectivity index (χ1v) is 8.64. The van der Waals surface area contributed by atoms with Crippen LogP contribution in [0.15, 0.2) is 36.4 Å². The molecule has 0 radical (unpaired) electrons. The topological polar surface area (TPSA) is 75.7 Å². The summed E-state index contributed by atoms with van der Waals surface area (Å²) in [6.45, 7) is 1.06. The van der Waals surface area contributed by atoms with E-state index in [0.29, 0.717) is 25.6 Å². The highest BCUT2D eigenvalue weighted by atomic mass is 19.1. The number of anilines is 1. The second-order valence-corrected chi connectivity index (χ2v) is 6.38. The molecule has 1 fully saturated rings. The number of nitrogens with one attached hydrogen (secondary N) is 1. The van der Waals surface area contributed by atoms with Gasteiger partial charge < -0.3 is 15.0 Å². The van der Waals surface area contributed by atoms with Crippen LogP contribution in [0.5, 0.6) is 0 Å². The molecule has 0 bridgehead atoms. The number of carbonyl (C=O) groups is 3. The van der Waals surface area contributed by atoms with Gasteiger partial charge in [0.15, 0.2) is 0 Å². The van der Waals surface area contributed by atoms with E-state index in [9.17, 15) is 23.2 Å². The van der Waals surface area contributed by atoms with E-state index in [1.165, 1.54) is 6.07 Å². The van der Waals surface area contributed by atoms with Crippen LogP contribution in [0.4, 0.5) is 14.5 Å². The van der Waals surface area contributed by atoms with Crippen molar-refractivity contribution in [2.45, 2.75) is 19.4 Å². The highest BCUT2D eigenvalue weighted by Gasteiger charge is 2.21. The third kappa shape index (κ3) is 4.16. The molecule has 2 aromatic carbocycles. The minimum absolute atomic E-state index is 0.0681. The number of halogens is 2. The second kappa shape index (κ2) is 8.16. The van der Waals surface area contributed by atoms with E-state index in [1.807, 2.05) is 0 Å². The first-order chi connectivity index (χ1) is 13.4. The molecular weight excluding hydrogens is 370 g/mol. The molecule has 1 aliphatic rings. The molecular formula is C20H18F2N2O4. The van der Waals surface area contributed by atoms with Crippen molar-refractivity contribution < 1.29 is 27.9 Å². The molecule has 1 saturated heterocycles. The van der Waals surface area contributed by atoms with Crippen molar-refractivity contribution in [3.63, 3.8) is 0 Å². The van der Waals surface area contributed by atoms with Crippen LogP contribution in [-0.4, -0.2) is 36.3 Å². The van der Waals surface area contributed by atoms with E-state index in [1.54, 1.807) is 23.1 Å². The number of rotatable bonds is 5. The molecule has 0 spiro atoms. The van der Waals surface area contributed by atoms with E-state index in [4.69, 9.17) is 0 Å². The number of hydrogen-bond acceptors (Lipinski definition) is 4. The van der Waals surface area contributed by atoms with Gasteiger partial charge >= 0.3 is 5.97 Å². The molecule has 0 atom stereocenters. The van der Waals surface area contributed by atoms with Crippen molar-refractivity contribution in [2.75, 3.05) is 19.0 Å². The lowest BCUT2D eigenvalue weighted by atomic mass is 10.1. The van der Waals surface area contributed by atoms with E-state index in [2.05, 4.69) is 10.1 Å². The highest BCUT2D eigenvalue weighted by molar-refractivity contribution is 6.05. The Balaban J connectivity index is 1.79. The molecule has 0 saturated carbocycles. The van der Waals surface area contributed by atoms with Crippen LogP contribution in [0.2, 0.25) is 0 Å². The van der Waals surface area contributed by atoms with Crippen LogP contribution < -0.4 is 5.32 Å². The standard InChI is InChI=1S/C20H18F2N2O4/c1-28-20(27)14-9-17(16(22)10-15(14)21)23-19(26)13-5-2-4-12(8-13)11-24-7-3-6-18(24)25/h2,4-5,8-10H,3,6-7,11H2,1H3,(H,23,26). The van der Waals surface area contributed by atoms with Crippen LogP contribution in [-0.2, 0) is 16.1 Å². The molecule has 0 aliphatic carbocycles. The number of methoxy groups -OCH3 is 1. The Labute approximate surface area is 160 Å². The van der Waals surface area contributed by atoms with Crippen molar-refractivity contribution in [1.29, 1.82) is 0 Å². The number of likely N-dealkylation sites (tertiary alicyclic amines) is 1. The Morgan fingerprint density at radius 3 is 2.64 bits per heavy atom. The van der Waals surface area contributed by atoms with Crippen molar-refractivity contribution in [3.8, 4) is 0 Å². The number of carbonyl (C=O) groups excluding carboxylic acids is 3. The smallest absolute Gasteiger partial charge is 0.340 e. The number of ether oxygens (including phenoxy) is 1. The van der Waals surface area contributed by atoms with Gasteiger partial charge in [-0.15, -0.1) is 0 Å². The summed E-state index contributed by atoms with van der Waals surface area (Å²) in [5.41, 5.74) is 0.178. The van der Waals surface area contributed by atoms with E-state index in [-0.39, 0.29) is 17.2 Å². The lowest BCUT2D eigenvalue weighted by Crippen LogP contribution is -2.24. The molecule has 1 heterocycles. The van der Waals surface area contributed by atoms with E-state index in [0.717, 1.165) is 25.2 Å². The second-order valence-electron chi connectivity index (χ2n) is 6.38. The summed E-state index contributed by atoms with van der Waals surface area (Å²) in [4.78, 5) is 37.5. The number of hydrogen-bond donors (Lipinski definition) is 1. The molecule has 0 unspecified atom stereocenters. The third-order valence-electron chi connectivity index (χ3n) is 4.44. The van der Waals surface area contributed by atoms with Crippen LogP contribution >= 0.6 is 0 Å². The fraction of sp³-hybridized carbons (Fsp3) is 0.250. The Hall–Kier alpha value is -3.29. The van der Waals surface area contributed by atoms with Gasteiger partial charge in [0.2, 0.25) is 5.91 Å². The van der Waals surface area contributed by atoms with Gasteiger partial charge in [-0.3, -0.25) is 9.59 Å². The summed E-state index contributed by atoms with van der Waals surface area (Å²) in [6, 6.07) is 7.98. The lowest BCUT2D eigenvalue weighted by Gasteiger charge is -2.16. The maximum Gasteiger partial charge on any atom is 0.340 e. The molecule has 28 heavy (non-hydrogen) atoms. The molecule has 1 N–H and O–H groups in total. The average molecular weight is 388 g/mol. The maximum absolute atomic E-state index is 14.0. The number of amides is 2. The van der Waals surface area contributed by atoms with Crippen molar-refractivity contribution in [3.05, 3.63) is 64.7 Å². The molecule has 3 rings (SSSR count). The monoisotopic (exact) mass is 388 g/mol. The minimum Gasteiger partial charge on any atom is -0.465 e. The predicted octanol–water partition coefficient (Wildman–Crippen LogP) is 3.13. The van der Waals surface area contributed by atoms with Gasteiger partial charge in [0, 0.05) is 31.1 Å². The van der Waals surface area contributed by atoms with Crippen LogP contribution in [0.25, 0.3) is 0 Å². The fourth-order valence-electron chi connectivity index (χ4n) is 3.01. The summed E-state index contributed by atoms with van der Waals surface area (Å²) in [6.07, 6.45) is 1.33. The van der Waals surface area contributed by atoms with Gasteiger partial charge in [-0.2, -0.15) is 0 Å². The average Bonchev–Trinajstić information content (AvgIpc) is 3.08. The zero-order chi connectivity index (χ0) is 20.3. The first kappa shape index (κ1) is 19.5. The molecule has 6 nitrogen and oxygen atoms in total. The molecule has 1 aliphatic heterocycles. The van der Waals surface area contributed by atoms with Crippen molar-refractivity contribution in [1.82, 2.24) is 4.90 Å². The quantitative estimate of drug-likeness (QED) is 0.799. The molecule has 146 valence electrons. The molecule has 2 aromatic rings. The largest absolute Gasteiger partial charge is 0.465 e. The number of benzene rings is 2. The van der Waals surface area contributed by atoms with Gasteiger partial charge in [-0.05, 0) is 30.2 Å². The van der Waals surface area contributed by atoms with E-state index >= 15 is 0 Å². The highest BCUT2D eigenvalue weighted by Crippen LogP contribution is 2.22. The van der Waals surface area contributed by atoms with Gasteiger partial charge in [-0.1, -0.05) is 12.1 Å². The maximum atomic E-state index is 14.0. The minimum atomic E-state index is -1.08. The van der Waals surface area contributed by atoms with Crippen molar-refractivity contribution in [2.24, 2.45) is 0 Å². The number of esters is 1. The summed E-state index contributed by atoms with van der Waals surface area (Å²) in [5, 5.41) is 2.33. The fourth-order valence-corrected chi connectivity index (χ4v) is 3.01. The van der Waals surface area contributed by atoms with Gasteiger partial charge in [0.05, 0.1) is 18.4 Å². The Bertz CT molecular complexity index is 946. The summed E-state index contributed by atoms with van der Waals surface area (Å²) >= 11 is 0. The van der Waals surface area contributed by atoms with Crippen molar-refractivity contribution >= 4 is 23.5 Å². The summed E-state index contributed by atoms with van der Waals surface area (Å²) in [7, 11) is 1.07. The zero-order valence-corrected chi connectivity index (χ0v) is 15.1. The van der Waals surface area contributed by atoms with Crippen LogP contribution in [0, 0.1) is 11.6 Å². The molecule has 2 amide bonds. The van der Waals surface area contributed by atoms with Gasteiger partial charge in [0.1, 0.15) is 11.6 Å². The SMILES string of the molecule is COC(=O)c1cc(NC(=O)c2cccc(CN3CCCC3=O)c2)c(F)cc1F. The predicted molar refractivity (Wildman–Crippen MR) is 96.7 cm³/mol. The zero-order valence-electron chi connectivity index (χ0n) is 15.1. The molecule has 8 heteroatoms. The summed E-state index contributed by atoms with van der Waals surface area (Å²) in [5.74, 6) is -3.64. The van der Waals surface area contributed by atoms with Crippen LogP contribution in [0.1, 0.15) is 39.1 Å². The molecule has 0 aromatic heterocycles. The third-order valence-corrected chi connectivity index (χ3v) is 4.44. The van der Waals surface area contributed by atoms with E-state index < -0.39 is 29.1 Å². The Morgan fingerprint density at radius 1 is 1.18 bits per heavy atom. The Morgan fingerprint density at radius 2 is 1.96 bits per heavy atom. The normalized spacial score (nSPS) is 13.5. The van der Waals surface area contributed by atoms with Crippen LogP contribution in [0.3, 0.4) is 0 Å². The lowest BCUT2D eigenvalue weighted by molar-refractivity contribution is -0.128. The van der Waals surface area contributed by atoms with Gasteiger partial charge in [-0.25, -0.2) is 13.6 Å².